The zero-order valence-corrected chi connectivity index (χ0v) is 21.8. The molecule has 0 aliphatic carbocycles. The number of anilines is 1. The third-order valence-corrected chi connectivity index (χ3v) is 6.04. The predicted octanol–water partition coefficient (Wildman–Crippen LogP) is 6.05. The first-order valence-corrected chi connectivity index (χ1v) is 12.2. The molecule has 0 spiro atoms. The van der Waals surface area contributed by atoms with Crippen LogP contribution in [0.1, 0.15) is 73.1 Å². The fourth-order valence-corrected chi connectivity index (χ4v) is 4.37. The lowest BCUT2D eigenvalue weighted by molar-refractivity contribution is -0.115. The molecule has 1 aromatic heterocycles. The molecule has 1 heterocycles. The second kappa shape index (κ2) is 11.0. The predicted molar refractivity (Wildman–Crippen MR) is 144 cm³/mol. The van der Waals surface area contributed by atoms with E-state index in [1.54, 1.807) is 24.3 Å². The first kappa shape index (κ1) is 26.3. The zero-order valence-electron chi connectivity index (χ0n) is 21.8. The van der Waals surface area contributed by atoms with Gasteiger partial charge in [0.1, 0.15) is 0 Å². The van der Waals surface area contributed by atoms with Crippen molar-refractivity contribution in [1.29, 1.82) is 0 Å². The van der Waals surface area contributed by atoms with Crippen molar-refractivity contribution in [2.75, 3.05) is 5.32 Å². The molecule has 0 fully saturated rings. The summed E-state index contributed by atoms with van der Waals surface area (Å²) < 4.78 is 0. The van der Waals surface area contributed by atoms with E-state index >= 15 is 0 Å². The molecule has 0 aliphatic rings. The number of nitrogens with one attached hydrogen (secondary N) is 1. The lowest BCUT2D eigenvalue weighted by atomic mass is 9.84. The van der Waals surface area contributed by atoms with Crippen LogP contribution in [0.4, 0.5) is 5.69 Å². The lowest BCUT2D eigenvalue weighted by Crippen LogP contribution is -2.21. The molecule has 0 saturated carbocycles. The van der Waals surface area contributed by atoms with Gasteiger partial charge in [0.15, 0.2) is 5.78 Å². The number of aryl methyl sites for hydroxylation is 2. The summed E-state index contributed by atoms with van der Waals surface area (Å²) in [6, 6.07) is 15.4. The van der Waals surface area contributed by atoms with E-state index in [1.165, 1.54) is 12.5 Å². The van der Waals surface area contributed by atoms with Crippen LogP contribution in [-0.2, 0) is 30.6 Å². The lowest BCUT2D eigenvalue weighted by Gasteiger charge is -2.25. The molecule has 35 heavy (non-hydrogen) atoms. The maximum absolute atomic E-state index is 13.2. The summed E-state index contributed by atoms with van der Waals surface area (Å²) in [6.45, 7) is 12.6. The van der Waals surface area contributed by atoms with Crippen LogP contribution in [0.15, 0.2) is 48.5 Å². The molecule has 0 saturated heterocycles. The van der Waals surface area contributed by atoms with E-state index in [2.05, 4.69) is 64.2 Å². The van der Waals surface area contributed by atoms with E-state index in [0.717, 1.165) is 40.1 Å². The number of aromatic nitrogens is 1. The van der Waals surface area contributed by atoms with Gasteiger partial charge in [0, 0.05) is 29.2 Å². The number of hydrogen-bond donors (Lipinski definition) is 2. The molecule has 0 unspecified atom stereocenters. The highest BCUT2D eigenvalue weighted by Gasteiger charge is 2.24. The molecule has 3 rings (SSSR count). The summed E-state index contributed by atoms with van der Waals surface area (Å²) in [5.41, 5.74) is 14.6. The largest absolute Gasteiger partial charge is 0.326 e. The van der Waals surface area contributed by atoms with Crippen LogP contribution in [0.25, 0.3) is 11.1 Å². The Labute approximate surface area is 209 Å². The van der Waals surface area contributed by atoms with Crippen LogP contribution < -0.4 is 11.1 Å². The quantitative estimate of drug-likeness (QED) is 0.392. The molecule has 0 atom stereocenters. The number of benzene rings is 2. The van der Waals surface area contributed by atoms with E-state index in [1.807, 2.05) is 0 Å². The summed E-state index contributed by atoms with van der Waals surface area (Å²) in [5.74, 6) is -0.190. The molecule has 2 aromatic carbocycles. The van der Waals surface area contributed by atoms with E-state index in [-0.39, 0.29) is 23.5 Å². The summed E-state index contributed by atoms with van der Waals surface area (Å²) >= 11 is 0. The van der Waals surface area contributed by atoms with E-state index in [0.29, 0.717) is 24.2 Å². The summed E-state index contributed by atoms with van der Waals surface area (Å²) in [6.07, 6.45) is 1.69. The average molecular weight is 472 g/mol. The third kappa shape index (κ3) is 6.64. The molecule has 1 amide bonds. The van der Waals surface area contributed by atoms with Gasteiger partial charge in [-0.3, -0.25) is 14.6 Å². The minimum Gasteiger partial charge on any atom is -0.326 e. The Bertz CT molecular complexity index is 1220. The molecule has 0 bridgehead atoms. The minimum atomic E-state index is -0.151. The highest BCUT2D eigenvalue weighted by Crippen LogP contribution is 2.35. The standard InChI is InChI=1S/C30H37N3O2/c1-7-26-24(16-28(35)32-23-10-8-9-22(15-23)20(3)34)29(21-13-11-19(2)12-14-21)25(18-31)27(33-26)17-30(4,5)6/h8-15H,7,16-18,31H2,1-6H3,(H,32,35). The Morgan fingerprint density at radius 1 is 1.00 bits per heavy atom. The van der Waals surface area contributed by atoms with Crippen molar-refractivity contribution in [2.45, 2.75) is 67.3 Å². The first-order valence-electron chi connectivity index (χ1n) is 12.2. The molecule has 0 aliphatic heterocycles. The van der Waals surface area contributed by atoms with Crippen molar-refractivity contribution in [2.24, 2.45) is 11.1 Å². The number of amides is 1. The summed E-state index contributed by atoms with van der Waals surface area (Å²) in [7, 11) is 0. The highest BCUT2D eigenvalue weighted by atomic mass is 16.1. The minimum absolute atomic E-state index is 0.0396. The zero-order chi connectivity index (χ0) is 25.8. The second-order valence-corrected chi connectivity index (χ2v) is 10.4. The van der Waals surface area contributed by atoms with Gasteiger partial charge >= 0.3 is 0 Å². The molecule has 3 aromatic rings. The molecular formula is C30H37N3O2. The normalized spacial score (nSPS) is 11.4. The molecule has 3 N–H and O–H groups in total. The number of nitrogens with two attached hydrogens (primary N) is 1. The van der Waals surface area contributed by atoms with Crippen molar-refractivity contribution < 1.29 is 9.59 Å². The number of ketones is 1. The molecule has 184 valence electrons. The Hall–Kier alpha value is -3.31. The van der Waals surface area contributed by atoms with Gasteiger partial charge in [0.2, 0.25) is 5.91 Å². The van der Waals surface area contributed by atoms with Crippen LogP contribution in [0.3, 0.4) is 0 Å². The van der Waals surface area contributed by atoms with Crippen LogP contribution in [-0.4, -0.2) is 16.7 Å². The number of Topliss-reactive ketones (excluding diaryl/α,β-unsaturated/α-hetero) is 1. The van der Waals surface area contributed by atoms with Gasteiger partial charge in [-0.25, -0.2) is 0 Å². The second-order valence-electron chi connectivity index (χ2n) is 10.4. The molecule has 0 radical (unpaired) electrons. The highest BCUT2D eigenvalue weighted by molar-refractivity contribution is 5.98. The number of rotatable bonds is 8. The number of nitrogens with zero attached hydrogens (tertiary/aromatic N) is 1. The number of hydrogen-bond acceptors (Lipinski definition) is 4. The van der Waals surface area contributed by atoms with Crippen molar-refractivity contribution >= 4 is 17.4 Å². The number of carbonyl (C=O) groups excluding carboxylic acids is 2. The van der Waals surface area contributed by atoms with Crippen molar-refractivity contribution in [3.63, 3.8) is 0 Å². The van der Waals surface area contributed by atoms with Crippen molar-refractivity contribution in [1.82, 2.24) is 4.98 Å². The first-order chi connectivity index (χ1) is 16.5. The molecule has 5 heteroatoms. The third-order valence-electron chi connectivity index (χ3n) is 6.04. The maximum Gasteiger partial charge on any atom is 0.228 e. The fourth-order valence-electron chi connectivity index (χ4n) is 4.37. The van der Waals surface area contributed by atoms with Crippen molar-refractivity contribution in [3.8, 4) is 11.1 Å². The van der Waals surface area contributed by atoms with E-state index in [4.69, 9.17) is 10.7 Å². The number of carbonyl (C=O) groups is 2. The average Bonchev–Trinajstić information content (AvgIpc) is 2.79. The Morgan fingerprint density at radius 3 is 2.26 bits per heavy atom. The molecular weight excluding hydrogens is 434 g/mol. The van der Waals surface area contributed by atoms with Crippen molar-refractivity contribution in [3.05, 3.63) is 82.2 Å². The Kier molecular flexibility index (Phi) is 8.23. The van der Waals surface area contributed by atoms with E-state index in [9.17, 15) is 9.59 Å². The van der Waals surface area contributed by atoms with Crippen LogP contribution in [0.2, 0.25) is 0 Å². The number of pyridine rings is 1. The van der Waals surface area contributed by atoms with E-state index < -0.39 is 0 Å². The molecule has 5 nitrogen and oxygen atoms in total. The van der Waals surface area contributed by atoms with Gasteiger partial charge in [-0.15, -0.1) is 0 Å². The monoisotopic (exact) mass is 471 g/mol. The van der Waals surface area contributed by atoms with Gasteiger partial charge in [0.25, 0.3) is 0 Å². The SMILES string of the molecule is CCc1nc(CC(C)(C)C)c(CN)c(-c2ccc(C)cc2)c1CC(=O)Nc1cccc(C(C)=O)c1. The van der Waals surface area contributed by atoms with Crippen LogP contribution in [0, 0.1) is 12.3 Å². The maximum atomic E-state index is 13.2. The van der Waals surface area contributed by atoms with Gasteiger partial charge in [-0.2, -0.15) is 0 Å². The van der Waals surface area contributed by atoms with Gasteiger partial charge < -0.3 is 11.1 Å². The summed E-state index contributed by atoms with van der Waals surface area (Å²) in [5, 5.41) is 2.96. The van der Waals surface area contributed by atoms with Crippen LogP contribution >= 0.6 is 0 Å². The van der Waals surface area contributed by atoms with Gasteiger partial charge in [-0.05, 0) is 66.5 Å². The summed E-state index contributed by atoms with van der Waals surface area (Å²) in [4.78, 5) is 30.0. The topological polar surface area (TPSA) is 85.1 Å². The van der Waals surface area contributed by atoms with Gasteiger partial charge in [0.05, 0.1) is 6.42 Å². The van der Waals surface area contributed by atoms with Crippen LogP contribution in [0.5, 0.6) is 0 Å². The smallest absolute Gasteiger partial charge is 0.228 e. The fraction of sp³-hybridized carbons (Fsp3) is 0.367. The Morgan fingerprint density at radius 2 is 1.69 bits per heavy atom. The van der Waals surface area contributed by atoms with Gasteiger partial charge in [-0.1, -0.05) is 69.7 Å². The Balaban J connectivity index is 2.11.